The van der Waals surface area contributed by atoms with Gasteiger partial charge in [0.05, 0.1) is 30.9 Å². The summed E-state index contributed by atoms with van der Waals surface area (Å²) in [7, 11) is -1.71. The van der Waals surface area contributed by atoms with E-state index in [1.807, 2.05) is 18.2 Å². The zero-order valence-electron chi connectivity index (χ0n) is 24.0. The fourth-order valence-corrected chi connectivity index (χ4v) is 12.9. The van der Waals surface area contributed by atoms with Crippen molar-refractivity contribution < 1.29 is 14.3 Å². The lowest BCUT2D eigenvalue weighted by molar-refractivity contribution is -0.235. The molecule has 4 atom stereocenters. The van der Waals surface area contributed by atoms with Gasteiger partial charge < -0.3 is 9.47 Å². The van der Waals surface area contributed by atoms with Gasteiger partial charge in [-0.3, -0.25) is 4.84 Å². The van der Waals surface area contributed by atoms with Crippen LogP contribution in [0.2, 0.25) is 16.6 Å². The van der Waals surface area contributed by atoms with E-state index in [4.69, 9.17) is 14.3 Å². The summed E-state index contributed by atoms with van der Waals surface area (Å²) in [5, 5.41) is 2.36. The van der Waals surface area contributed by atoms with Crippen LogP contribution in [0, 0.1) is 17.4 Å². The molecule has 2 heterocycles. The lowest BCUT2D eigenvalue weighted by atomic mass is 9.67. The highest BCUT2D eigenvalue weighted by Gasteiger charge is 2.59. The van der Waals surface area contributed by atoms with E-state index >= 15 is 0 Å². The molecule has 1 spiro atoms. The molecule has 37 heavy (non-hydrogen) atoms. The van der Waals surface area contributed by atoms with Crippen LogP contribution in [0.15, 0.2) is 42.5 Å². The van der Waals surface area contributed by atoms with Crippen LogP contribution in [0.4, 0.5) is 0 Å². The highest BCUT2D eigenvalue weighted by Crippen LogP contribution is 2.53. The number of ether oxygens (including phenoxy) is 2. The van der Waals surface area contributed by atoms with E-state index in [1.165, 1.54) is 31.2 Å². The zero-order chi connectivity index (χ0) is 26.5. The Labute approximate surface area is 227 Å². The summed E-state index contributed by atoms with van der Waals surface area (Å²) in [4.78, 5) is 6.67. The van der Waals surface area contributed by atoms with Gasteiger partial charge in [-0.1, -0.05) is 83.9 Å². The second-order valence-corrected chi connectivity index (χ2v) is 18.0. The zero-order valence-corrected chi connectivity index (χ0v) is 25.0. The second-order valence-electron chi connectivity index (χ2n) is 12.4. The van der Waals surface area contributed by atoms with Crippen molar-refractivity contribution in [2.24, 2.45) is 5.92 Å². The van der Waals surface area contributed by atoms with Crippen LogP contribution in [-0.2, 0) is 20.9 Å². The van der Waals surface area contributed by atoms with Crippen molar-refractivity contribution in [3.8, 4) is 11.5 Å². The van der Waals surface area contributed by atoms with Gasteiger partial charge in [-0.2, -0.15) is 5.06 Å². The predicted molar refractivity (Wildman–Crippen MR) is 154 cm³/mol. The van der Waals surface area contributed by atoms with E-state index in [-0.39, 0.29) is 11.6 Å². The molecule has 4 nitrogen and oxygen atoms in total. The van der Waals surface area contributed by atoms with Crippen molar-refractivity contribution in [1.29, 1.82) is 0 Å². The summed E-state index contributed by atoms with van der Waals surface area (Å²) in [5.74, 6) is 3.99. The van der Waals surface area contributed by atoms with E-state index in [0.717, 1.165) is 12.8 Å². The molecule has 0 radical (unpaired) electrons. The largest absolute Gasteiger partial charge is 0.354 e. The maximum Gasteiger partial charge on any atom is 0.147 e. The van der Waals surface area contributed by atoms with E-state index in [9.17, 15) is 0 Å². The van der Waals surface area contributed by atoms with Crippen molar-refractivity contribution in [2.75, 3.05) is 13.4 Å². The topological polar surface area (TPSA) is 30.9 Å². The lowest BCUT2D eigenvalue weighted by Gasteiger charge is -2.47. The molecule has 0 N–H and O–H groups in total. The maximum atomic E-state index is 6.67. The number of fused-ring (bicyclic) bond motifs is 1. The molecule has 3 fully saturated rings. The van der Waals surface area contributed by atoms with Crippen LogP contribution in [-0.4, -0.2) is 44.2 Å². The monoisotopic (exact) mass is 523 g/mol. The first-order valence-electron chi connectivity index (χ1n) is 14.7. The first-order valence-corrected chi connectivity index (χ1v) is 16.9. The standard InChI is InChI=1S/C32H49NO3Si/c1-25(2)37(26(3)4,27(5)6)21-11-10-17-30-31-18-13-20-32(30)19-12-16-29(33(32)36-31)23-35-24-34-22-28-14-8-7-9-15-28/h7-10,14-15,17,25-27,29-31H,12-13,16,18-20,22-24H2,1-6H3/b17-10-/t29-,30+,31-,32+/m0/s1. The number of benzene rings is 1. The molecule has 204 valence electrons. The van der Waals surface area contributed by atoms with E-state index in [1.54, 1.807) is 0 Å². The summed E-state index contributed by atoms with van der Waals surface area (Å²) < 4.78 is 11.8. The van der Waals surface area contributed by atoms with Gasteiger partial charge in [0.25, 0.3) is 0 Å². The molecule has 1 aromatic carbocycles. The van der Waals surface area contributed by atoms with Gasteiger partial charge in [0.2, 0.25) is 0 Å². The number of piperidine rings is 1. The highest BCUT2D eigenvalue weighted by molar-refractivity contribution is 6.90. The molecule has 2 aliphatic heterocycles. The van der Waals surface area contributed by atoms with Gasteiger partial charge in [-0.05, 0) is 66.8 Å². The summed E-state index contributed by atoms with van der Waals surface area (Å²) in [6.07, 6.45) is 12.0. The van der Waals surface area contributed by atoms with Crippen molar-refractivity contribution in [3.05, 3.63) is 48.0 Å². The Balaban J connectivity index is 1.39. The molecule has 0 unspecified atom stereocenters. The van der Waals surface area contributed by atoms with Gasteiger partial charge in [-0.15, -0.1) is 5.54 Å². The number of hydroxylamine groups is 2. The predicted octanol–water partition coefficient (Wildman–Crippen LogP) is 7.66. The minimum Gasteiger partial charge on any atom is -0.354 e. The third-order valence-corrected chi connectivity index (χ3v) is 15.7. The number of nitrogens with zero attached hydrogens (tertiary/aromatic N) is 1. The highest BCUT2D eigenvalue weighted by atomic mass is 28.3. The summed E-state index contributed by atoms with van der Waals surface area (Å²) >= 11 is 0. The Kier molecular flexibility index (Phi) is 9.75. The van der Waals surface area contributed by atoms with Crippen LogP contribution in [0.25, 0.3) is 0 Å². The Bertz CT molecular complexity index is 924. The van der Waals surface area contributed by atoms with Crippen LogP contribution in [0.1, 0.15) is 85.6 Å². The molecule has 0 amide bonds. The molecule has 4 rings (SSSR count). The third kappa shape index (κ3) is 5.94. The Morgan fingerprint density at radius 1 is 1.00 bits per heavy atom. The Morgan fingerprint density at radius 3 is 2.35 bits per heavy atom. The molecular weight excluding hydrogens is 474 g/mol. The average molecular weight is 524 g/mol. The lowest BCUT2D eigenvalue weighted by Crippen LogP contribution is -2.56. The molecule has 2 saturated heterocycles. The van der Waals surface area contributed by atoms with Crippen molar-refractivity contribution in [1.82, 2.24) is 5.06 Å². The van der Waals surface area contributed by atoms with E-state index in [2.05, 4.69) is 82.4 Å². The third-order valence-electron chi connectivity index (χ3n) is 9.42. The van der Waals surface area contributed by atoms with Crippen LogP contribution in [0.5, 0.6) is 0 Å². The quantitative estimate of drug-likeness (QED) is 0.136. The minimum absolute atomic E-state index is 0.0981. The fourth-order valence-electron chi connectivity index (χ4n) is 7.72. The molecule has 0 aromatic heterocycles. The second kappa shape index (κ2) is 12.6. The molecule has 2 bridgehead atoms. The van der Waals surface area contributed by atoms with Gasteiger partial charge in [0, 0.05) is 5.92 Å². The summed E-state index contributed by atoms with van der Waals surface area (Å²) in [6, 6.07) is 10.6. The minimum atomic E-state index is -1.71. The number of hydrogen-bond donors (Lipinski definition) is 0. The fraction of sp³-hybridized carbons (Fsp3) is 0.688. The number of rotatable bonds is 10. The van der Waals surface area contributed by atoms with E-state index in [0.29, 0.717) is 48.6 Å². The maximum absolute atomic E-state index is 6.67. The molecular formula is C32H49NO3Si. The van der Waals surface area contributed by atoms with Crippen LogP contribution in [0.3, 0.4) is 0 Å². The average Bonchev–Trinajstić information content (AvgIpc) is 3.03. The summed E-state index contributed by atoms with van der Waals surface area (Å²) in [6.45, 7) is 15.9. The van der Waals surface area contributed by atoms with Crippen molar-refractivity contribution in [2.45, 2.75) is 121 Å². The summed E-state index contributed by atoms with van der Waals surface area (Å²) in [5.41, 5.74) is 7.12. The van der Waals surface area contributed by atoms with Crippen molar-refractivity contribution in [3.63, 3.8) is 0 Å². The van der Waals surface area contributed by atoms with Crippen molar-refractivity contribution >= 4 is 8.07 Å². The first kappa shape index (κ1) is 28.6. The van der Waals surface area contributed by atoms with Gasteiger partial charge in [0.1, 0.15) is 14.9 Å². The molecule has 5 heteroatoms. The first-order chi connectivity index (χ1) is 17.8. The molecule has 1 aromatic rings. The SMILES string of the molecule is CC(C)[Si](C#C/C=C\[C@@H]1[C@@H]2CCC[C@]13CCC[C@@H](COCOCc1ccccc1)N3O2)(C(C)C)C(C)C. The normalized spacial score (nSPS) is 28.2. The Morgan fingerprint density at radius 2 is 1.68 bits per heavy atom. The smallest absolute Gasteiger partial charge is 0.147 e. The van der Waals surface area contributed by atoms with Crippen LogP contribution < -0.4 is 0 Å². The van der Waals surface area contributed by atoms with Gasteiger partial charge >= 0.3 is 0 Å². The van der Waals surface area contributed by atoms with Gasteiger partial charge in [0.15, 0.2) is 0 Å². The van der Waals surface area contributed by atoms with Crippen LogP contribution >= 0.6 is 0 Å². The molecule has 3 aliphatic rings. The van der Waals surface area contributed by atoms with E-state index < -0.39 is 8.07 Å². The van der Waals surface area contributed by atoms with Gasteiger partial charge in [-0.25, -0.2) is 0 Å². The molecule has 1 aliphatic carbocycles. The molecule has 1 saturated carbocycles. The number of hydrogen-bond acceptors (Lipinski definition) is 4. The Hall–Kier alpha value is -1.42. The number of allylic oxidation sites excluding steroid dienone is 1.